The molecule has 0 saturated heterocycles. The van der Waals surface area contributed by atoms with Gasteiger partial charge in [-0.05, 0) is 43.7 Å². The molecule has 150 valence electrons. The molecule has 1 heterocycles. The highest BCUT2D eigenvalue weighted by molar-refractivity contribution is 14.0. The third-order valence-corrected chi connectivity index (χ3v) is 5.26. The minimum atomic E-state index is 0. The summed E-state index contributed by atoms with van der Waals surface area (Å²) in [5, 5.41) is 6.79. The van der Waals surface area contributed by atoms with Gasteiger partial charge in [-0.15, -0.1) is 24.0 Å². The topological polar surface area (TPSA) is 74.3 Å². The summed E-state index contributed by atoms with van der Waals surface area (Å²) < 4.78 is 5.28. The van der Waals surface area contributed by atoms with Crippen LogP contribution < -0.4 is 10.6 Å². The number of aliphatic imine (C=N–C) groups is 1. The molecule has 1 aromatic heterocycles. The lowest BCUT2D eigenvalue weighted by Crippen LogP contribution is -2.41. The zero-order valence-electron chi connectivity index (χ0n) is 16.4. The van der Waals surface area contributed by atoms with Gasteiger partial charge in [0.05, 0.1) is 11.0 Å². The summed E-state index contributed by atoms with van der Waals surface area (Å²) in [5.74, 6) is 1.90. The first-order chi connectivity index (χ1) is 12.7. The number of halogens is 1. The number of H-pyrrole nitrogens is 1. The van der Waals surface area contributed by atoms with E-state index in [1.807, 2.05) is 18.2 Å². The molecule has 3 rings (SSSR count). The Hall–Kier alpha value is -1.35. The maximum atomic E-state index is 5.28. The van der Waals surface area contributed by atoms with Crippen LogP contribution in [0.5, 0.6) is 0 Å². The Morgan fingerprint density at radius 2 is 2.11 bits per heavy atom. The third kappa shape index (κ3) is 6.07. The summed E-state index contributed by atoms with van der Waals surface area (Å²) in [7, 11) is 1.78. The zero-order valence-corrected chi connectivity index (χ0v) is 18.7. The number of guanidine groups is 1. The summed E-state index contributed by atoms with van der Waals surface area (Å²) in [6, 6.07) is 8.13. The Bertz CT molecular complexity index is 693. The van der Waals surface area contributed by atoms with Gasteiger partial charge < -0.3 is 20.4 Å². The van der Waals surface area contributed by atoms with Crippen LogP contribution in [-0.4, -0.2) is 49.3 Å². The predicted molar refractivity (Wildman–Crippen MR) is 122 cm³/mol. The van der Waals surface area contributed by atoms with Crippen LogP contribution in [0.25, 0.3) is 11.0 Å². The molecule has 27 heavy (non-hydrogen) atoms. The second kappa shape index (κ2) is 10.8. The molecule has 0 amide bonds. The van der Waals surface area contributed by atoms with E-state index < -0.39 is 0 Å². The molecule has 0 bridgehead atoms. The van der Waals surface area contributed by atoms with Crippen molar-refractivity contribution >= 4 is 41.0 Å². The van der Waals surface area contributed by atoms with Gasteiger partial charge in [0.1, 0.15) is 5.82 Å². The van der Waals surface area contributed by atoms with Gasteiger partial charge in [0, 0.05) is 39.8 Å². The summed E-state index contributed by atoms with van der Waals surface area (Å²) in [6.45, 7) is 5.46. The standard InChI is InChI=1S/C20H31N5O.HI/c1-3-21-19(23-15-20(10-6-11-20)12-14-26-2)22-13-9-18-24-16-7-4-5-8-17(16)25-18;/h4-5,7-8H,3,6,9-15H2,1-2H3,(H,24,25)(H2,21,22,23);1H. The lowest BCUT2D eigenvalue weighted by molar-refractivity contribution is 0.0778. The van der Waals surface area contributed by atoms with Gasteiger partial charge >= 0.3 is 0 Å². The number of fused-ring (bicyclic) bond motifs is 1. The van der Waals surface area contributed by atoms with Crippen molar-refractivity contribution in [3.8, 4) is 0 Å². The number of hydrogen-bond donors (Lipinski definition) is 3. The maximum Gasteiger partial charge on any atom is 0.191 e. The van der Waals surface area contributed by atoms with Gasteiger partial charge in [-0.25, -0.2) is 4.98 Å². The first-order valence-electron chi connectivity index (χ1n) is 9.69. The van der Waals surface area contributed by atoms with Crippen molar-refractivity contribution in [1.82, 2.24) is 20.6 Å². The normalized spacial score (nSPS) is 15.9. The monoisotopic (exact) mass is 485 g/mol. The van der Waals surface area contributed by atoms with E-state index in [1.54, 1.807) is 7.11 Å². The van der Waals surface area contributed by atoms with E-state index in [1.165, 1.54) is 19.3 Å². The summed E-state index contributed by atoms with van der Waals surface area (Å²) in [4.78, 5) is 12.8. The Labute approximate surface area is 179 Å². The highest BCUT2D eigenvalue weighted by atomic mass is 127. The van der Waals surface area contributed by atoms with Crippen molar-refractivity contribution in [3.63, 3.8) is 0 Å². The SMILES string of the molecule is CCNC(=NCC1(CCOC)CCC1)NCCc1nc2ccccc2[nH]1.I. The maximum absolute atomic E-state index is 5.28. The molecule has 1 aliphatic carbocycles. The molecular formula is C20H32IN5O. The smallest absolute Gasteiger partial charge is 0.191 e. The number of methoxy groups -OCH3 is 1. The minimum absolute atomic E-state index is 0. The van der Waals surface area contributed by atoms with E-state index in [0.29, 0.717) is 5.41 Å². The number of nitrogens with zero attached hydrogens (tertiary/aromatic N) is 2. The van der Waals surface area contributed by atoms with E-state index in [4.69, 9.17) is 9.73 Å². The number of aromatic nitrogens is 2. The van der Waals surface area contributed by atoms with Gasteiger partial charge in [0.2, 0.25) is 0 Å². The zero-order chi connectivity index (χ0) is 18.2. The molecule has 3 N–H and O–H groups in total. The fraction of sp³-hybridized carbons (Fsp3) is 0.600. The molecule has 1 aliphatic rings. The number of para-hydroxylation sites is 2. The fourth-order valence-electron chi connectivity index (χ4n) is 3.49. The molecule has 0 aliphatic heterocycles. The molecule has 6 nitrogen and oxygen atoms in total. The van der Waals surface area contributed by atoms with Gasteiger partial charge in [-0.1, -0.05) is 18.6 Å². The Balaban J connectivity index is 0.00000261. The molecule has 1 fully saturated rings. The van der Waals surface area contributed by atoms with E-state index in [-0.39, 0.29) is 24.0 Å². The predicted octanol–water partition coefficient (Wildman–Crippen LogP) is 3.49. The van der Waals surface area contributed by atoms with Crippen molar-refractivity contribution < 1.29 is 4.74 Å². The molecule has 1 saturated carbocycles. The second-order valence-electron chi connectivity index (χ2n) is 7.17. The number of aromatic amines is 1. The lowest BCUT2D eigenvalue weighted by atomic mass is 9.67. The first kappa shape index (κ1) is 21.9. The molecule has 0 radical (unpaired) electrons. The fourth-order valence-corrected chi connectivity index (χ4v) is 3.49. The quantitative estimate of drug-likeness (QED) is 0.289. The van der Waals surface area contributed by atoms with Gasteiger partial charge in [-0.2, -0.15) is 0 Å². The summed E-state index contributed by atoms with van der Waals surface area (Å²) >= 11 is 0. The van der Waals surface area contributed by atoms with Gasteiger partial charge in [0.25, 0.3) is 0 Å². The molecule has 1 aromatic carbocycles. The van der Waals surface area contributed by atoms with Crippen molar-refractivity contribution in [2.45, 2.75) is 39.0 Å². The molecule has 0 atom stereocenters. The largest absolute Gasteiger partial charge is 0.385 e. The van der Waals surface area contributed by atoms with Crippen molar-refractivity contribution in [1.29, 1.82) is 0 Å². The van der Waals surface area contributed by atoms with E-state index in [9.17, 15) is 0 Å². The number of benzene rings is 1. The van der Waals surface area contributed by atoms with Gasteiger partial charge in [0.15, 0.2) is 5.96 Å². The number of nitrogens with one attached hydrogen (secondary N) is 3. The third-order valence-electron chi connectivity index (χ3n) is 5.26. The lowest BCUT2D eigenvalue weighted by Gasteiger charge is -2.40. The summed E-state index contributed by atoms with van der Waals surface area (Å²) in [5.41, 5.74) is 2.46. The highest BCUT2D eigenvalue weighted by Crippen LogP contribution is 2.44. The summed E-state index contributed by atoms with van der Waals surface area (Å²) in [6.07, 6.45) is 5.78. The highest BCUT2D eigenvalue weighted by Gasteiger charge is 2.36. The number of rotatable bonds is 9. The van der Waals surface area contributed by atoms with Crippen LogP contribution in [0.4, 0.5) is 0 Å². The van der Waals surface area contributed by atoms with Crippen LogP contribution >= 0.6 is 24.0 Å². The van der Waals surface area contributed by atoms with Crippen LogP contribution in [0.15, 0.2) is 29.3 Å². The van der Waals surface area contributed by atoms with E-state index >= 15 is 0 Å². The van der Waals surface area contributed by atoms with E-state index in [2.05, 4.69) is 33.6 Å². The van der Waals surface area contributed by atoms with Crippen molar-refractivity contribution in [2.24, 2.45) is 10.4 Å². The molecule has 0 spiro atoms. The Morgan fingerprint density at radius 1 is 1.30 bits per heavy atom. The van der Waals surface area contributed by atoms with Crippen molar-refractivity contribution in [2.75, 3.05) is 33.4 Å². The number of hydrogen-bond acceptors (Lipinski definition) is 3. The Kier molecular flexibility index (Phi) is 8.82. The van der Waals surface area contributed by atoms with Crippen molar-refractivity contribution in [3.05, 3.63) is 30.1 Å². The van der Waals surface area contributed by atoms with Crippen LogP contribution in [0.1, 0.15) is 38.4 Å². The second-order valence-corrected chi connectivity index (χ2v) is 7.17. The molecular weight excluding hydrogens is 453 g/mol. The average Bonchev–Trinajstić information content (AvgIpc) is 3.03. The Morgan fingerprint density at radius 3 is 2.78 bits per heavy atom. The van der Waals surface area contributed by atoms with Gasteiger partial charge in [-0.3, -0.25) is 4.99 Å². The molecule has 7 heteroatoms. The van der Waals surface area contributed by atoms with Crippen LogP contribution in [0, 0.1) is 5.41 Å². The van der Waals surface area contributed by atoms with Crippen LogP contribution in [-0.2, 0) is 11.2 Å². The van der Waals surface area contributed by atoms with Crippen LogP contribution in [0.3, 0.4) is 0 Å². The molecule has 2 aromatic rings. The van der Waals surface area contributed by atoms with E-state index in [0.717, 1.165) is 61.9 Å². The molecule has 0 unspecified atom stereocenters. The number of ether oxygens (including phenoxy) is 1. The number of imidazole rings is 1. The minimum Gasteiger partial charge on any atom is -0.385 e. The van der Waals surface area contributed by atoms with Crippen LogP contribution in [0.2, 0.25) is 0 Å². The average molecular weight is 485 g/mol. The first-order valence-corrected chi connectivity index (χ1v) is 9.69.